The van der Waals surface area contributed by atoms with E-state index in [0.717, 1.165) is 12.0 Å². The molecule has 1 amide bonds. The number of benzene rings is 1. The van der Waals surface area contributed by atoms with Gasteiger partial charge in [-0.3, -0.25) is 4.79 Å². The van der Waals surface area contributed by atoms with Crippen LogP contribution < -0.4 is 14.8 Å². The lowest BCUT2D eigenvalue weighted by atomic mass is 10.1. The van der Waals surface area contributed by atoms with Crippen molar-refractivity contribution in [3.63, 3.8) is 0 Å². The van der Waals surface area contributed by atoms with Crippen molar-refractivity contribution in [2.45, 2.75) is 32.7 Å². The highest BCUT2D eigenvalue weighted by atomic mass is 16.5. The van der Waals surface area contributed by atoms with Gasteiger partial charge in [0.2, 0.25) is 5.91 Å². The average Bonchev–Trinajstić information content (AvgIpc) is 2.44. The van der Waals surface area contributed by atoms with Gasteiger partial charge in [0, 0.05) is 13.3 Å². The minimum atomic E-state index is -1.07. The first-order chi connectivity index (χ1) is 9.97. The summed E-state index contributed by atoms with van der Waals surface area (Å²) in [6, 6.07) is 4.28. The normalized spacial score (nSPS) is 11.6. The standard InChI is InChI=1S/C15H21NO5/c1-4-7-21-13-6-5-11(9-14(13)20-3)8-12(15(18)19)16-10(2)17/h5-6,9,12H,4,7-8H2,1-3H3,(H,16,17)(H,18,19). The third kappa shape index (κ3) is 5.33. The second kappa shape index (κ2) is 8.14. The molecule has 1 rings (SSSR count). The predicted octanol–water partition coefficient (Wildman–Crippen LogP) is 1.62. The summed E-state index contributed by atoms with van der Waals surface area (Å²) < 4.78 is 10.8. The minimum absolute atomic E-state index is 0.180. The molecule has 1 atom stereocenters. The molecule has 0 spiro atoms. The number of hydrogen-bond acceptors (Lipinski definition) is 4. The number of carbonyl (C=O) groups is 2. The van der Waals surface area contributed by atoms with Crippen LogP contribution in [0.2, 0.25) is 0 Å². The minimum Gasteiger partial charge on any atom is -0.493 e. The molecule has 0 heterocycles. The molecule has 116 valence electrons. The average molecular weight is 295 g/mol. The number of nitrogens with one attached hydrogen (secondary N) is 1. The Bertz CT molecular complexity index is 501. The van der Waals surface area contributed by atoms with Crippen LogP contribution >= 0.6 is 0 Å². The Morgan fingerprint density at radius 1 is 1.33 bits per heavy atom. The van der Waals surface area contributed by atoms with Gasteiger partial charge in [-0.25, -0.2) is 4.79 Å². The van der Waals surface area contributed by atoms with Gasteiger partial charge in [0.05, 0.1) is 13.7 Å². The van der Waals surface area contributed by atoms with Gasteiger partial charge in [-0.2, -0.15) is 0 Å². The maximum atomic E-state index is 11.1. The second-order valence-corrected chi connectivity index (χ2v) is 4.63. The van der Waals surface area contributed by atoms with E-state index >= 15 is 0 Å². The maximum Gasteiger partial charge on any atom is 0.326 e. The van der Waals surface area contributed by atoms with Crippen LogP contribution in [-0.4, -0.2) is 36.7 Å². The fourth-order valence-corrected chi connectivity index (χ4v) is 1.85. The molecule has 0 bridgehead atoms. The lowest BCUT2D eigenvalue weighted by Gasteiger charge is -2.15. The number of ether oxygens (including phenoxy) is 2. The molecule has 1 aromatic rings. The van der Waals surface area contributed by atoms with Crippen LogP contribution in [0, 0.1) is 0 Å². The lowest BCUT2D eigenvalue weighted by molar-refractivity contribution is -0.141. The monoisotopic (exact) mass is 295 g/mol. The molecule has 0 radical (unpaired) electrons. The summed E-state index contributed by atoms with van der Waals surface area (Å²) in [6.45, 7) is 3.88. The molecular formula is C15H21NO5. The van der Waals surface area contributed by atoms with Crippen LogP contribution in [0.5, 0.6) is 11.5 Å². The Kier molecular flexibility index (Phi) is 6.52. The Morgan fingerprint density at radius 3 is 2.57 bits per heavy atom. The number of rotatable bonds is 8. The summed E-state index contributed by atoms with van der Waals surface area (Å²) in [5.41, 5.74) is 0.747. The molecule has 0 aliphatic carbocycles. The summed E-state index contributed by atoms with van der Waals surface area (Å²) >= 11 is 0. The van der Waals surface area contributed by atoms with Crippen molar-refractivity contribution in [1.29, 1.82) is 0 Å². The topological polar surface area (TPSA) is 84.9 Å². The molecule has 0 saturated carbocycles. The van der Waals surface area contributed by atoms with Gasteiger partial charge in [0.15, 0.2) is 11.5 Å². The summed E-state index contributed by atoms with van der Waals surface area (Å²) in [4.78, 5) is 22.2. The van der Waals surface area contributed by atoms with E-state index in [1.165, 1.54) is 14.0 Å². The van der Waals surface area contributed by atoms with E-state index in [1.54, 1.807) is 18.2 Å². The first-order valence-electron chi connectivity index (χ1n) is 6.77. The van der Waals surface area contributed by atoms with Gasteiger partial charge in [-0.1, -0.05) is 13.0 Å². The molecule has 0 aromatic heterocycles. The van der Waals surface area contributed by atoms with Gasteiger partial charge in [0.1, 0.15) is 6.04 Å². The number of hydrogen-bond donors (Lipinski definition) is 2. The van der Waals surface area contributed by atoms with Crippen molar-refractivity contribution in [1.82, 2.24) is 5.32 Å². The molecule has 0 fully saturated rings. The summed E-state index contributed by atoms with van der Waals surface area (Å²) in [5, 5.41) is 11.5. The van der Waals surface area contributed by atoms with E-state index in [0.29, 0.717) is 18.1 Å². The van der Waals surface area contributed by atoms with E-state index < -0.39 is 12.0 Å². The van der Waals surface area contributed by atoms with Crippen LogP contribution in [0.25, 0.3) is 0 Å². The van der Waals surface area contributed by atoms with E-state index in [-0.39, 0.29) is 12.3 Å². The van der Waals surface area contributed by atoms with E-state index in [2.05, 4.69) is 5.32 Å². The number of carbonyl (C=O) groups excluding carboxylic acids is 1. The first-order valence-corrected chi connectivity index (χ1v) is 6.77. The van der Waals surface area contributed by atoms with Crippen LogP contribution in [0.3, 0.4) is 0 Å². The summed E-state index contributed by atoms with van der Waals surface area (Å²) in [6.07, 6.45) is 1.06. The number of methoxy groups -OCH3 is 1. The SMILES string of the molecule is CCCOc1ccc(CC(NC(C)=O)C(=O)O)cc1OC. The highest BCUT2D eigenvalue weighted by molar-refractivity contribution is 5.82. The van der Waals surface area contributed by atoms with E-state index in [1.807, 2.05) is 6.92 Å². The third-order valence-corrected chi connectivity index (χ3v) is 2.81. The Hall–Kier alpha value is -2.24. The van der Waals surface area contributed by atoms with E-state index in [9.17, 15) is 9.59 Å². The van der Waals surface area contributed by atoms with Gasteiger partial charge >= 0.3 is 5.97 Å². The highest BCUT2D eigenvalue weighted by Crippen LogP contribution is 2.28. The van der Waals surface area contributed by atoms with Gasteiger partial charge in [0.25, 0.3) is 0 Å². The van der Waals surface area contributed by atoms with Gasteiger partial charge < -0.3 is 19.9 Å². The van der Waals surface area contributed by atoms with Crippen LogP contribution in [0.15, 0.2) is 18.2 Å². The molecule has 6 heteroatoms. The zero-order valence-electron chi connectivity index (χ0n) is 12.5. The number of aliphatic carboxylic acids is 1. The van der Waals surface area contributed by atoms with Crippen molar-refractivity contribution in [3.05, 3.63) is 23.8 Å². The molecule has 1 unspecified atom stereocenters. The number of carboxylic acid groups (broad SMARTS) is 1. The largest absolute Gasteiger partial charge is 0.493 e. The number of amides is 1. The van der Waals surface area contributed by atoms with Crippen molar-refractivity contribution < 1.29 is 24.2 Å². The number of carboxylic acids is 1. The molecule has 0 aliphatic rings. The zero-order chi connectivity index (χ0) is 15.8. The molecule has 21 heavy (non-hydrogen) atoms. The second-order valence-electron chi connectivity index (χ2n) is 4.63. The first kappa shape index (κ1) is 16.8. The third-order valence-electron chi connectivity index (χ3n) is 2.81. The summed E-state index contributed by atoms with van der Waals surface area (Å²) in [5.74, 6) is -0.282. The predicted molar refractivity (Wildman–Crippen MR) is 77.7 cm³/mol. The summed E-state index contributed by atoms with van der Waals surface area (Å²) in [7, 11) is 1.53. The molecule has 0 aliphatic heterocycles. The smallest absolute Gasteiger partial charge is 0.326 e. The zero-order valence-corrected chi connectivity index (χ0v) is 12.5. The molecule has 0 saturated heterocycles. The van der Waals surface area contributed by atoms with Crippen LogP contribution in [0.1, 0.15) is 25.8 Å². The fourth-order valence-electron chi connectivity index (χ4n) is 1.85. The van der Waals surface area contributed by atoms with Crippen molar-refractivity contribution >= 4 is 11.9 Å². The molecular weight excluding hydrogens is 274 g/mol. The van der Waals surface area contributed by atoms with Crippen LogP contribution in [-0.2, 0) is 16.0 Å². The molecule has 1 aromatic carbocycles. The highest BCUT2D eigenvalue weighted by Gasteiger charge is 2.19. The maximum absolute atomic E-state index is 11.1. The Balaban J connectivity index is 2.87. The van der Waals surface area contributed by atoms with E-state index in [4.69, 9.17) is 14.6 Å². The van der Waals surface area contributed by atoms with Gasteiger partial charge in [-0.15, -0.1) is 0 Å². The van der Waals surface area contributed by atoms with Gasteiger partial charge in [-0.05, 0) is 24.1 Å². The fraction of sp³-hybridized carbons (Fsp3) is 0.467. The Labute approximate surface area is 124 Å². The van der Waals surface area contributed by atoms with Crippen molar-refractivity contribution in [2.75, 3.05) is 13.7 Å². The quantitative estimate of drug-likeness (QED) is 0.761. The van der Waals surface area contributed by atoms with Crippen molar-refractivity contribution in [3.8, 4) is 11.5 Å². The molecule has 2 N–H and O–H groups in total. The Morgan fingerprint density at radius 2 is 2.05 bits per heavy atom. The van der Waals surface area contributed by atoms with Crippen molar-refractivity contribution in [2.24, 2.45) is 0 Å². The lowest BCUT2D eigenvalue weighted by Crippen LogP contribution is -2.41. The molecule has 6 nitrogen and oxygen atoms in total. The van der Waals surface area contributed by atoms with Crippen LogP contribution in [0.4, 0.5) is 0 Å².